The number of benzene rings is 1. The molecule has 1 aliphatic rings. The number of hydrogen-bond acceptors (Lipinski definition) is 6. The number of carbonyl (C=O) groups is 2. The Bertz CT molecular complexity index is 1150. The Morgan fingerprint density at radius 1 is 1.10 bits per heavy atom. The zero-order valence-electron chi connectivity index (χ0n) is 17.2. The minimum atomic E-state index is -0.860. The quantitative estimate of drug-likeness (QED) is 0.612. The van der Waals surface area contributed by atoms with Crippen LogP contribution in [0.4, 0.5) is 5.82 Å². The Labute approximate surface area is 173 Å². The first kappa shape index (κ1) is 19.7. The number of furan rings is 1. The van der Waals surface area contributed by atoms with Crippen LogP contribution in [0.1, 0.15) is 59.0 Å². The summed E-state index contributed by atoms with van der Waals surface area (Å²) in [6, 6.07) is 11.5. The summed E-state index contributed by atoms with van der Waals surface area (Å²) < 4.78 is 10.6. The third-order valence-corrected chi connectivity index (χ3v) is 5.20. The van der Waals surface area contributed by atoms with Gasteiger partial charge in [0.15, 0.2) is 17.3 Å². The van der Waals surface area contributed by atoms with Gasteiger partial charge in [-0.3, -0.25) is 14.5 Å². The lowest BCUT2D eigenvalue weighted by Gasteiger charge is -2.24. The van der Waals surface area contributed by atoms with Crippen molar-refractivity contribution in [1.29, 1.82) is 0 Å². The molecule has 0 spiro atoms. The molecule has 3 aromatic rings. The van der Waals surface area contributed by atoms with Crippen molar-refractivity contribution < 1.29 is 23.6 Å². The van der Waals surface area contributed by atoms with Crippen molar-refractivity contribution >= 4 is 17.5 Å². The maximum Gasteiger partial charge on any atom is 0.295 e. The summed E-state index contributed by atoms with van der Waals surface area (Å²) in [4.78, 5) is 27.5. The van der Waals surface area contributed by atoms with E-state index in [1.165, 1.54) is 11.0 Å². The Kier molecular flexibility index (Phi) is 4.81. The number of hydrogen-bond donors (Lipinski definition) is 1. The monoisotopic (exact) mass is 406 g/mol. The van der Waals surface area contributed by atoms with Crippen molar-refractivity contribution in [1.82, 2.24) is 5.16 Å². The van der Waals surface area contributed by atoms with Gasteiger partial charge in [-0.1, -0.05) is 43.3 Å². The van der Waals surface area contributed by atoms with Crippen molar-refractivity contribution in [3.63, 3.8) is 0 Å². The van der Waals surface area contributed by atoms with E-state index in [1.807, 2.05) is 24.3 Å². The van der Waals surface area contributed by atoms with Crippen LogP contribution in [-0.4, -0.2) is 22.0 Å². The molecule has 1 N–H and O–H groups in total. The van der Waals surface area contributed by atoms with Crippen molar-refractivity contribution in [3.05, 3.63) is 82.2 Å². The fraction of sp³-hybridized carbons (Fsp3) is 0.261. The topological polar surface area (TPSA) is 96.8 Å². The number of rotatable bonds is 5. The molecule has 0 unspecified atom stereocenters. The molecule has 3 heterocycles. The second-order valence-corrected chi connectivity index (χ2v) is 7.70. The third-order valence-electron chi connectivity index (χ3n) is 5.20. The van der Waals surface area contributed by atoms with Gasteiger partial charge in [0.25, 0.3) is 5.91 Å². The van der Waals surface area contributed by atoms with Crippen LogP contribution in [0.5, 0.6) is 0 Å². The number of ketones is 1. The maximum atomic E-state index is 13.2. The first-order valence-electron chi connectivity index (χ1n) is 9.69. The van der Waals surface area contributed by atoms with E-state index in [9.17, 15) is 14.7 Å². The van der Waals surface area contributed by atoms with Gasteiger partial charge >= 0.3 is 0 Å². The number of aromatic nitrogens is 1. The van der Waals surface area contributed by atoms with Gasteiger partial charge in [-0.2, -0.15) is 0 Å². The zero-order chi connectivity index (χ0) is 21.6. The molecule has 4 rings (SSSR count). The van der Waals surface area contributed by atoms with Crippen LogP contribution in [0.25, 0.3) is 0 Å². The van der Waals surface area contributed by atoms with E-state index in [2.05, 4.69) is 19.0 Å². The standard InChI is InChI=1S/C23H22N2O5/c1-12(2)15-6-8-16(9-7-15)20-19(21(26)17-10-5-13(3)29-17)22(27)23(28)25(20)18-11-14(4)30-24-18/h5-12,20,27H,1-4H3/t20-/m0/s1. The van der Waals surface area contributed by atoms with Crippen LogP contribution >= 0.6 is 0 Å². The van der Waals surface area contributed by atoms with Crippen LogP contribution in [-0.2, 0) is 4.79 Å². The van der Waals surface area contributed by atoms with Gasteiger partial charge in [0.05, 0.1) is 11.6 Å². The van der Waals surface area contributed by atoms with E-state index < -0.39 is 23.5 Å². The van der Waals surface area contributed by atoms with E-state index in [0.717, 1.165) is 5.56 Å². The van der Waals surface area contributed by atoms with Gasteiger partial charge in [0.1, 0.15) is 11.5 Å². The molecule has 0 saturated carbocycles. The van der Waals surface area contributed by atoms with E-state index in [4.69, 9.17) is 8.94 Å². The van der Waals surface area contributed by atoms with Gasteiger partial charge in [-0.05, 0) is 43.0 Å². The number of aliphatic hydroxyl groups excluding tert-OH is 1. The first-order valence-corrected chi connectivity index (χ1v) is 9.69. The molecule has 2 aromatic heterocycles. The Hall–Kier alpha value is -3.61. The van der Waals surface area contributed by atoms with Gasteiger partial charge in [-0.25, -0.2) is 0 Å². The highest BCUT2D eigenvalue weighted by molar-refractivity contribution is 6.19. The number of nitrogens with zero attached hydrogens (tertiary/aromatic N) is 2. The van der Waals surface area contributed by atoms with Crippen molar-refractivity contribution in [2.24, 2.45) is 0 Å². The van der Waals surface area contributed by atoms with E-state index in [1.54, 1.807) is 26.0 Å². The molecule has 0 bridgehead atoms. The summed E-state index contributed by atoms with van der Waals surface area (Å²) in [5, 5.41) is 14.6. The van der Waals surface area contributed by atoms with Crippen LogP contribution < -0.4 is 4.90 Å². The molecular formula is C23H22N2O5. The van der Waals surface area contributed by atoms with E-state index >= 15 is 0 Å². The van der Waals surface area contributed by atoms with Gasteiger partial charge in [0, 0.05) is 6.07 Å². The van der Waals surface area contributed by atoms with Crippen LogP contribution in [0.2, 0.25) is 0 Å². The Balaban J connectivity index is 1.85. The van der Waals surface area contributed by atoms with Crippen molar-refractivity contribution in [2.45, 2.75) is 39.7 Å². The molecule has 1 aliphatic heterocycles. The van der Waals surface area contributed by atoms with Crippen LogP contribution in [0, 0.1) is 13.8 Å². The normalized spacial score (nSPS) is 16.8. The molecule has 0 radical (unpaired) electrons. The number of Topliss-reactive ketones (excluding diaryl/α,β-unsaturated/α-hetero) is 1. The molecule has 0 aliphatic carbocycles. The average molecular weight is 406 g/mol. The fourth-order valence-electron chi connectivity index (χ4n) is 3.61. The lowest BCUT2D eigenvalue weighted by Crippen LogP contribution is -2.31. The molecule has 1 atom stereocenters. The second-order valence-electron chi connectivity index (χ2n) is 7.70. The second kappa shape index (κ2) is 7.33. The fourth-order valence-corrected chi connectivity index (χ4v) is 3.61. The lowest BCUT2D eigenvalue weighted by atomic mass is 9.93. The summed E-state index contributed by atoms with van der Waals surface area (Å²) in [7, 11) is 0. The molecule has 0 fully saturated rings. The summed E-state index contributed by atoms with van der Waals surface area (Å²) in [6.45, 7) is 7.59. The van der Waals surface area contributed by atoms with Gasteiger partial charge < -0.3 is 14.0 Å². The molecule has 7 heteroatoms. The van der Waals surface area contributed by atoms with Crippen LogP contribution in [0.15, 0.2) is 62.7 Å². The predicted octanol–water partition coefficient (Wildman–Crippen LogP) is 4.79. The summed E-state index contributed by atoms with van der Waals surface area (Å²) in [5.74, 6) is -0.203. The van der Waals surface area contributed by atoms with Crippen molar-refractivity contribution in [3.8, 4) is 0 Å². The Morgan fingerprint density at radius 3 is 2.33 bits per heavy atom. The maximum absolute atomic E-state index is 13.2. The smallest absolute Gasteiger partial charge is 0.295 e. The molecule has 1 amide bonds. The van der Waals surface area contributed by atoms with Gasteiger partial charge in [-0.15, -0.1) is 0 Å². The number of amides is 1. The average Bonchev–Trinajstić information content (AvgIpc) is 3.40. The molecule has 154 valence electrons. The lowest BCUT2D eigenvalue weighted by molar-refractivity contribution is -0.117. The molecule has 30 heavy (non-hydrogen) atoms. The highest BCUT2D eigenvalue weighted by atomic mass is 16.5. The molecule has 7 nitrogen and oxygen atoms in total. The number of anilines is 1. The zero-order valence-corrected chi connectivity index (χ0v) is 17.2. The summed E-state index contributed by atoms with van der Waals surface area (Å²) in [5.41, 5.74) is 1.74. The summed E-state index contributed by atoms with van der Waals surface area (Å²) >= 11 is 0. The number of aliphatic hydroxyl groups is 1. The van der Waals surface area contributed by atoms with E-state index in [-0.39, 0.29) is 17.2 Å². The largest absolute Gasteiger partial charge is 0.503 e. The van der Waals surface area contributed by atoms with Crippen LogP contribution in [0.3, 0.4) is 0 Å². The minimum absolute atomic E-state index is 0.0488. The van der Waals surface area contributed by atoms with Gasteiger partial charge in [0.2, 0.25) is 5.78 Å². The molecule has 0 saturated heterocycles. The number of carbonyl (C=O) groups excluding carboxylic acids is 2. The highest BCUT2D eigenvalue weighted by Crippen LogP contribution is 2.42. The van der Waals surface area contributed by atoms with Crippen molar-refractivity contribution in [2.75, 3.05) is 4.90 Å². The molecular weight excluding hydrogens is 384 g/mol. The first-order chi connectivity index (χ1) is 14.3. The molecule has 1 aromatic carbocycles. The third kappa shape index (κ3) is 3.22. The number of aryl methyl sites for hydroxylation is 2. The highest BCUT2D eigenvalue weighted by Gasteiger charge is 2.46. The summed E-state index contributed by atoms with van der Waals surface area (Å²) in [6.07, 6.45) is 0. The predicted molar refractivity (Wildman–Crippen MR) is 109 cm³/mol. The minimum Gasteiger partial charge on any atom is -0.503 e. The SMILES string of the molecule is Cc1cc(N2C(=O)C(O)=C(C(=O)c3ccc(C)o3)[C@@H]2c2ccc(C(C)C)cc2)no1. The Morgan fingerprint density at radius 2 is 1.80 bits per heavy atom. The van der Waals surface area contributed by atoms with E-state index in [0.29, 0.717) is 23.0 Å².